The maximum Gasteiger partial charge on any atom is 0.238 e. The van der Waals surface area contributed by atoms with Crippen LogP contribution in [0.1, 0.15) is 24.5 Å². The number of nitrogens with zero attached hydrogens (tertiary/aromatic N) is 1. The van der Waals surface area contributed by atoms with E-state index >= 15 is 0 Å². The van der Waals surface area contributed by atoms with Gasteiger partial charge in [0.1, 0.15) is 0 Å². The molecule has 0 aromatic heterocycles. The summed E-state index contributed by atoms with van der Waals surface area (Å²) in [4.78, 5) is 14.3. The fraction of sp³-hybridized carbons (Fsp3) is 0.562. The highest BCUT2D eigenvalue weighted by molar-refractivity contribution is 5.93. The van der Waals surface area contributed by atoms with Gasteiger partial charge in [-0.05, 0) is 37.8 Å². The number of carbonyl (C=O) groups is 1. The van der Waals surface area contributed by atoms with Crippen LogP contribution in [0.2, 0.25) is 0 Å². The summed E-state index contributed by atoms with van der Waals surface area (Å²) in [7, 11) is 0. The molecule has 1 aliphatic heterocycles. The van der Waals surface area contributed by atoms with Gasteiger partial charge in [-0.15, -0.1) is 12.4 Å². The van der Waals surface area contributed by atoms with Gasteiger partial charge in [0.15, 0.2) is 0 Å². The number of hydrogen-bond acceptors (Lipinski definition) is 3. The number of piperidine rings is 1. The van der Waals surface area contributed by atoms with E-state index < -0.39 is 0 Å². The number of aryl methyl sites for hydroxylation is 2. The third-order valence-electron chi connectivity index (χ3n) is 4.08. The number of nitrogens with one attached hydrogen (secondary N) is 1. The van der Waals surface area contributed by atoms with E-state index in [2.05, 4.69) is 30.1 Å². The van der Waals surface area contributed by atoms with Crippen molar-refractivity contribution < 1.29 is 4.79 Å². The maximum atomic E-state index is 12.1. The van der Waals surface area contributed by atoms with Gasteiger partial charge in [0, 0.05) is 24.8 Å². The first-order valence-corrected chi connectivity index (χ1v) is 7.30. The lowest BCUT2D eigenvalue weighted by molar-refractivity contribution is -0.117. The molecule has 21 heavy (non-hydrogen) atoms. The van der Waals surface area contributed by atoms with Crippen molar-refractivity contribution >= 4 is 24.0 Å². The Balaban J connectivity index is 0.00000220. The van der Waals surface area contributed by atoms with E-state index in [0.29, 0.717) is 12.5 Å². The minimum absolute atomic E-state index is 0. The first kappa shape index (κ1) is 18.0. The lowest BCUT2D eigenvalue weighted by Gasteiger charge is -2.34. The monoisotopic (exact) mass is 311 g/mol. The molecule has 2 rings (SSSR count). The topological polar surface area (TPSA) is 58.4 Å². The Labute approximate surface area is 133 Å². The van der Waals surface area contributed by atoms with Gasteiger partial charge in [-0.25, -0.2) is 0 Å². The van der Waals surface area contributed by atoms with Gasteiger partial charge in [-0.3, -0.25) is 9.69 Å². The summed E-state index contributed by atoms with van der Waals surface area (Å²) in [5.74, 6) is 0.511. The molecule has 1 heterocycles. The van der Waals surface area contributed by atoms with Gasteiger partial charge in [0.05, 0.1) is 6.54 Å². The van der Waals surface area contributed by atoms with Crippen LogP contribution < -0.4 is 11.1 Å². The van der Waals surface area contributed by atoms with Crippen molar-refractivity contribution in [3.05, 3.63) is 29.3 Å². The molecular weight excluding hydrogens is 286 g/mol. The average molecular weight is 312 g/mol. The number of carbonyl (C=O) groups excluding carboxylic acids is 1. The fourth-order valence-corrected chi connectivity index (χ4v) is 2.74. The lowest BCUT2D eigenvalue weighted by atomic mass is 9.95. The van der Waals surface area contributed by atoms with Crippen molar-refractivity contribution in [1.82, 2.24) is 4.90 Å². The van der Waals surface area contributed by atoms with E-state index in [1.54, 1.807) is 0 Å². The molecule has 0 bridgehead atoms. The molecule has 5 heteroatoms. The van der Waals surface area contributed by atoms with Crippen LogP contribution in [0.15, 0.2) is 18.2 Å². The van der Waals surface area contributed by atoms with Crippen molar-refractivity contribution in [3.8, 4) is 0 Å². The van der Waals surface area contributed by atoms with Crippen molar-refractivity contribution in [2.75, 3.05) is 25.0 Å². The van der Waals surface area contributed by atoms with E-state index in [0.717, 1.165) is 30.8 Å². The molecule has 1 fully saturated rings. The van der Waals surface area contributed by atoms with Gasteiger partial charge in [0.25, 0.3) is 0 Å². The molecule has 3 N–H and O–H groups in total. The van der Waals surface area contributed by atoms with Crippen molar-refractivity contribution in [3.63, 3.8) is 0 Å². The standard InChI is InChI=1S/C16H25N3O.ClH/c1-11-4-5-15(12(2)8-11)18-16(20)10-19-7-6-14(17)13(3)9-19;/h4-5,8,13-14H,6-7,9-10,17H2,1-3H3,(H,18,20);1H. The molecule has 2 atom stereocenters. The van der Waals surface area contributed by atoms with E-state index in [1.807, 2.05) is 19.1 Å². The quantitative estimate of drug-likeness (QED) is 0.901. The predicted octanol–water partition coefficient (Wildman–Crippen LogP) is 2.33. The summed E-state index contributed by atoms with van der Waals surface area (Å²) in [5, 5.41) is 3.00. The second kappa shape index (κ2) is 7.78. The van der Waals surface area contributed by atoms with Crippen LogP contribution in [0.25, 0.3) is 0 Å². The highest BCUT2D eigenvalue weighted by Gasteiger charge is 2.24. The molecular formula is C16H26ClN3O. The molecule has 0 radical (unpaired) electrons. The van der Waals surface area contributed by atoms with Gasteiger partial charge < -0.3 is 11.1 Å². The van der Waals surface area contributed by atoms with Crippen LogP contribution >= 0.6 is 12.4 Å². The van der Waals surface area contributed by atoms with Crippen LogP contribution in [0.3, 0.4) is 0 Å². The Morgan fingerprint density at radius 3 is 2.76 bits per heavy atom. The molecule has 0 saturated carbocycles. The smallest absolute Gasteiger partial charge is 0.238 e. The Bertz CT molecular complexity index is 492. The number of nitrogens with two attached hydrogens (primary N) is 1. The van der Waals surface area contributed by atoms with Crippen LogP contribution in [-0.4, -0.2) is 36.5 Å². The predicted molar refractivity (Wildman–Crippen MR) is 90.0 cm³/mol. The molecule has 1 aliphatic rings. The zero-order valence-corrected chi connectivity index (χ0v) is 13.9. The summed E-state index contributed by atoms with van der Waals surface area (Å²) >= 11 is 0. The highest BCUT2D eigenvalue weighted by atomic mass is 35.5. The minimum Gasteiger partial charge on any atom is -0.327 e. The number of anilines is 1. The molecule has 1 amide bonds. The summed E-state index contributed by atoms with van der Waals surface area (Å²) in [6.45, 7) is 8.48. The summed E-state index contributed by atoms with van der Waals surface area (Å²) in [5.41, 5.74) is 9.22. The zero-order valence-electron chi connectivity index (χ0n) is 13.1. The molecule has 0 aliphatic carbocycles. The average Bonchev–Trinajstić information content (AvgIpc) is 2.37. The molecule has 1 aromatic carbocycles. The van der Waals surface area contributed by atoms with Crippen LogP contribution in [0.5, 0.6) is 0 Å². The van der Waals surface area contributed by atoms with E-state index in [1.165, 1.54) is 5.56 Å². The largest absolute Gasteiger partial charge is 0.327 e. The highest BCUT2D eigenvalue weighted by Crippen LogP contribution is 2.17. The number of halogens is 1. The molecule has 2 unspecified atom stereocenters. The van der Waals surface area contributed by atoms with E-state index in [-0.39, 0.29) is 24.4 Å². The van der Waals surface area contributed by atoms with Gasteiger partial charge in [-0.1, -0.05) is 24.6 Å². The van der Waals surface area contributed by atoms with Crippen LogP contribution in [-0.2, 0) is 4.79 Å². The Kier molecular flexibility index (Phi) is 6.65. The number of amides is 1. The van der Waals surface area contributed by atoms with E-state index in [9.17, 15) is 4.79 Å². The molecule has 118 valence electrons. The van der Waals surface area contributed by atoms with Crippen molar-refractivity contribution in [1.29, 1.82) is 0 Å². The summed E-state index contributed by atoms with van der Waals surface area (Å²) in [6, 6.07) is 6.34. The van der Waals surface area contributed by atoms with E-state index in [4.69, 9.17) is 5.73 Å². The first-order chi connectivity index (χ1) is 9.45. The Morgan fingerprint density at radius 2 is 2.14 bits per heavy atom. The number of rotatable bonds is 3. The number of likely N-dealkylation sites (tertiary alicyclic amines) is 1. The van der Waals surface area contributed by atoms with Crippen molar-refractivity contribution in [2.45, 2.75) is 33.2 Å². The molecule has 4 nitrogen and oxygen atoms in total. The SMILES string of the molecule is Cc1ccc(NC(=O)CN2CCC(N)C(C)C2)c(C)c1.Cl. The zero-order chi connectivity index (χ0) is 14.7. The Morgan fingerprint density at radius 1 is 1.43 bits per heavy atom. The van der Waals surface area contributed by atoms with Gasteiger partial charge in [-0.2, -0.15) is 0 Å². The minimum atomic E-state index is 0. The normalized spacial score (nSPS) is 22.5. The van der Waals surface area contributed by atoms with Crippen molar-refractivity contribution in [2.24, 2.45) is 11.7 Å². The van der Waals surface area contributed by atoms with Crippen LogP contribution in [0, 0.1) is 19.8 Å². The second-order valence-corrected chi connectivity index (χ2v) is 6.03. The second-order valence-electron chi connectivity index (χ2n) is 6.03. The number of benzene rings is 1. The Hall–Kier alpha value is -1.10. The summed E-state index contributed by atoms with van der Waals surface area (Å²) < 4.78 is 0. The van der Waals surface area contributed by atoms with Crippen LogP contribution in [0.4, 0.5) is 5.69 Å². The summed E-state index contributed by atoms with van der Waals surface area (Å²) in [6.07, 6.45) is 0.970. The third-order valence-corrected chi connectivity index (χ3v) is 4.08. The molecule has 1 aromatic rings. The first-order valence-electron chi connectivity index (χ1n) is 7.30. The van der Waals surface area contributed by atoms with Gasteiger partial charge >= 0.3 is 0 Å². The molecule has 1 saturated heterocycles. The maximum absolute atomic E-state index is 12.1. The van der Waals surface area contributed by atoms with Gasteiger partial charge in [0.2, 0.25) is 5.91 Å². The fourth-order valence-electron chi connectivity index (χ4n) is 2.74. The number of hydrogen-bond donors (Lipinski definition) is 2. The molecule has 0 spiro atoms. The third kappa shape index (κ3) is 4.99. The lowest BCUT2D eigenvalue weighted by Crippen LogP contribution is -2.48.